The van der Waals surface area contributed by atoms with Crippen LogP contribution in [0.15, 0.2) is 41.3 Å². The van der Waals surface area contributed by atoms with E-state index in [0.29, 0.717) is 17.8 Å². The van der Waals surface area contributed by atoms with E-state index in [1.807, 2.05) is 6.92 Å². The lowest BCUT2D eigenvalue weighted by atomic mass is 9.49. The molecule has 1 unspecified atom stereocenters. The van der Waals surface area contributed by atoms with Gasteiger partial charge in [-0.25, -0.2) is 13.1 Å². The second-order valence-electron chi connectivity index (χ2n) is 11.6. The average molecular weight is 560 g/mol. The number of aryl methyl sites for hydroxylation is 1. The van der Waals surface area contributed by atoms with Gasteiger partial charge in [-0.15, -0.1) is 0 Å². The van der Waals surface area contributed by atoms with Gasteiger partial charge in [-0.05, 0) is 88.3 Å². The fourth-order valence-electron chi connectivity index (χ4n) is 6.97. The van der Waals surface area contributed by atoms with Crippen molar-refractivity contribution in [2.24, 2.45) is 23.2 Å². The van der Waals surface area contributed by atoms with Crippen LogP contribution < -0.4 is 15.4 Å². The zero-order valence-electron chi connectivity index (χ0n) is 21.6. The van der Waals surface area contributed by atoms with Gasteiger partial charge in [0, 0.05) is 18.5 Å². The molecule has 0 aromatic heterocycles. The Hall–Kier alpha value is -2.62. The Morgan fingerprint density at radius 1 is 1.00 bits per heavy atom. The van der Waals surface area contributed by atoms with E-state index < -0.39 is 22.0 Å². The number of halogens is 1. The number of hydrogen-bond donors (Lipinski definition) is 4. The van der Waals surface area contributed by atoms with Gasteiger partial charge in [0.15, 0.2) is 0 Å². The van der Waals surface area contributed by atoms with E-state index in [9.17, 15) is 23.1 Å². The number of rotatable bonds is 8. The third-order valence-electron chi connectivity index (χ3n) is 8.31. The first-order valence-electron chi connectivity index (χ1n) is 13.2. The summed E-state index contributed by atoms with van der Waals surface area (Å²) in [5, 5.41) is 16.3. The van der Waals surface area contributed by atoms with Crippen LogP contribution in [0.3, 0.4) is 0 Å². The SMILES string of the molecule is Cc1ccc(S(=O)(=O)NC(C)CC(=O)Nc2cc(O)c(NC(=O)C34CC5CC(CC(C5)C3)C4)cc2Cl)cc1. The molecule has 38 heavy (non-hydrogen) atoms. The number of hydrogen-bond acceptors (Lipinski definition) is 5. The van der Waals surface area contributed by atoms with Crippen LogP contribution in [-0.2, 0) is 19.6 Å². The third kappa shape index (κ3) is 5.55. The highest BCUT2D eigenvalue weighted by molar-refractivity contribution is 7.89. The maximum atomic E-state index is 13.4. The summed E-state index contributed by atoms with van der Waals surface area (Å²) in [6, 6.07) is 8.48. The number of phenolic OH excluding ortho intramolecular Hbond substituents is 1. The zero-order chi connectivity index (χ0) is 27.2. The monoisotopic (exact) mass is 559 g/mol. The predicted octanol–water partition coefficient (Wildman–Crippen LogP) is 5.20. The number of amides is 2. The van der Waals surface area contributed by atoms with Crippen molar-refractivity contribution >= 4 is 44.8 Å². The highest BCUT2D eigenvalue weighted by atomic mass is 35.5. The first-order chi connectivity index (χ1) is 17.9. The topological polar surface area (TPSA) is 125 Å². The summed E-state index contributed by atoms with van der Waals surface area (Å²) in [5.41, 5.74) is 0.959. The minimum Gasteiger partial charge on any atom is -0.506 e. The van der Waals surface area contributed by atoms with Crippen LogP contribution in [-0.4, -0.2) is 31.4 Å². The Morgan fingerprint density at radius 3 is 2.16 bits per heavy atom. The summed E-state index contributed by atoms with van der Waals surface area (Å²) in [6.07, 6.45) is 6.24. The summed E-state index contributed by atoms with van der Waals surface area (Å²) in [6.45, 7) is 3.46. The molecule has 0 radical (unpaired) electrons. The largest absolute Gasteiger partial charge is 0.506 e. The highest BCUT2D eigenvalue weighted by Gasteiger charge is 2.54. The molecule has 204 valence electrons. The number of carbonyl (C=O) groups is 2. The molecule has 10 heteroatoms. The second-order valence-corrected chi connectivity index (χ2v) is 13.7. The molecule has 2 amide bonds. The number of carbonyl (C=O) groups excluding carboxylic acids is 2. The quantitative estimate of drug-likeness (QED) is 0.331. The molecular formula is C28H34ClN3O5S. The molecule has 0 aliphatic heterocycles. The molecule has 8 nitrogen and oxygen atoms in total. The van der Waals surface area contributed by atoms with E-state index in [0.717, 1.165) is 24.8 Å². The molecule has 2 aromatic rings. The van der Waals surface area contributed by atoms with Crippen molar-refractivity contribution in [2.45, 2.75) is 69.7 Å². The Labute approximate surface area is 228 Å². The summed E-state index contributed by atoms with van der Waals surface area (Å²) < 4.78 is 27.7. The molecule has 4 aliphatic rings. The van der Waals surface area contributed by atoms with E-state index in [-0.39, 0.29) is 44.8 Å². The molecule has 0 saturated heterocycles. The van der Waals surface area contributed by atoms with Gasteiger partial charge in [0.05, 0.1) is 26.7 Å². The summed E-state index contributed by atoms with van der Waals surface area (Å²) in [4.78, 5) is 26.1. The summed E-state index contributed by atoms with van der Waals surface area (Å²) in [5.74, 6) is 1.11. The van der Waals surface area contributed by atoms with E-state index in [2.05, 4.69) is 15.4 Å². The normalized spacial score (nSPS) is 26.7. The third-order valence-corrected chi connectivity index (χ3v) is 10.2. The van der Waals surface area contributed by atoms with Crippen LogP contribution in [0.5, 0.6) is 5.75 Å². The Morgan fingerprint density at radius 2 is 1.58 bits per heavy atom. The lowest BCUT2D eigenvalue weighted by Gasteiger charge is -2.55. The van der Waals surface area contributed by atoms with Crippen LogP contribution in [0, 0.1) is 30.1 Å². The van der Waals surface area contributed by atoms with Gasteiger partial charge in [0.1, 0.15) is 5.75 Å². The van der Waals surface area contributed by atoms with Crippen LogP contribution in [0.25, 0.3) is 0 Å². The number of aromatic hydroxyl groups is 1. The predicted molar refractivity (Wildman–Crippen MR) is 147 cm³/mol. The average Bonchev–Trinajstić information content (AvgIpc) is 2.81. The minimum absolute atomic E-state index is 0.0607. The molecule has 4 saturated carbocycles. The van der Waals surface area contributed by atoms with Crippen molar-refractivity contribution in [3.63, 3.8) is 0 Å². The van der Waals surface area contributed by atoms with Crippen molar-refractivity contribution in [1.82, 2.24) is 4.72 Å². The Bertz CT molecular complexity index is 1320. The van der Waals surface area contributed by atoms with Gasteiger partial charge in [-0.3, -0.25) is 9.59 Å². The van der Waals surface area contributed by atoms with Gasteiger partial charge in [0.25, 0.3) is 0 Å². The molecule has 4 bridgehead atoms. The van der Waals surface area contributed by atoms with Gasteiger partial charge in [-0.1, -0.05) is 29.3 Å². The lowest BCUT2D eigenvalue weighted by Crippen LogP contribution is -2.51. The number of sulfonamides is 1. The first kappa shape index (κ1) is 27.0. The maximum absolute atomic E-state index is 13.4. The highest BCUT2D eigenvalue weighted by Crippen LogP contribution is 2.60. The fourth-order valence-corrected chi connectivity index (χ4v) is 8.43. The first-order valence-corrected chi connectivity index (χ1v) is 15.0. The molecule has 0 spiro atoms. The molecule has 6 rings (SSSR count). The summed E-state index contributed by atoms with van der Waals surface area (Å²) in [7, 11) is -3.78. The molecule has 1 atom stereocenters. The van der Waals surface area contributed by atoms with Crippen molar-refractivity contribution < 1.29 is 23.1 Å². The van der Waals surface area contributed by atoms with Crippen molar-refractivity contribution in [2.75, 3.05) is 10.6 Å². The fraction of sp³-hybridized carbons (Fsp3) is 0.500. The summed E-state index contributed by atoms with van der Waals surface area (Å²) >= 11 is 6.39. The lowest BCUT2D eigenvalue weighted by molar-refractivity contribution is -0.140. The second kappa shape index (κ2) is 10.2. The van der Waals surface area contributed by atoms with Crippen molar-refractivity contribution in [3.8, 4) is 5.75 Å². The minimum atomic E-state index is -3.78. The van der Waals surface area contributed by atoms with Crippen molar-refractivity contribution in [3.05, 3.63) is 47.0 Å². The number of anilines is 2. The Kier molecular flexibility index (Phi) is 7.22. The molecule has 4 aliphatic carbocycles. The smallest absolute Gasteiger partial charge is 0.240 e. The Balaban J connectivity index is 1.20. The van der Waals surface area contributed by atoms with Crippen LogP contribution >= 0.6 is 11.6 Å². The maximum Gasteiger partial charge on any atom is 0.240 e. The van der Waals surface area contributed by atoms with E-state index in [1.54, 1.807) is 19.1 Å². The van der Waals surface area contributed by atoms with E-state index >= 15 is 0 Å². The number of phenols is 1. The molecule has 4 N–H and O–H groups in total. The molecular weight excluding hydrogens is 526 g/mol. The van der Waals surface area contributed by atoms with Crippen molar-refractivity contribution in [1.29, 1.82) is 0 Å². The van der Waals surface area contributed by atoms with Gasteiger partial charge in [-0.2, -0.15) is 0 Å². The van der Waals surface area contributed by atoms with Gasteiger partial charge in [0.2, 0.25) is 21.8 Å². The van der Waals surface area contributed by atoms with Gasteiger partial charge < -0.3 is 15.7 Å². The number of benzene rings is 2. The van der Waals surface area contributed by atoms with Crippen LogP contribution in [0.4, 0.5) is 11.4 Å². The molecule has 2 aromatic carbocycles. The van der Waals surface area contributed by atoms with Gasteiger partial charge >= 0.3 is 0 Å². The number of nitrogens with one attached hydrogen (secondary N) is 3. The van der Waals surface area contributed by atoms with Crippen LogP contribution in [0.1, 0.15) is 57.4 Å². The standard InChI is InChI=1S/C28H34ClN3O5S/c1-16-3-5-21(6-4-16)38(36,37)32-17(2)7-26(34)30-23-12-25(33)24(11-22(23)29)31-27(35)28-13-18-8-19(14-28)10-20(9-18)15-28/h3-6,11-12,17-20,32-33H,7-10,13-15H2,1-2H3,(H,30,34)(H,31,35). The molecule has 0 heterocycles. The molecule has 4 fully saturated rings. The zero-order valence-corrected chi connectivity index (χ0v) is 23.2. The van der Waals surface area contributed by atoms with E-state index in [1.165, 1.54) is 43.5 Å². The van der Waals surface area contributed by atoms with Crippen LogP contribution in [0.2, 0.25) is 5.02 Å². The van der Waals surface area contributed by atoms with E-state index in [4.69, 9.17) is 11.6 Å².